The molecule has 0 saturated heterocycles. The van der Waals surface area contributed by atoms with Crippen LogP contribution in [0.5, 0.6) is 0 Å². The molecule has 2 aromatic rings. The molecule has 0 aliphatic carbocycles. The third-order valence-corrected chi connectivity index (χ3v) is 3.53. The minimum Gasteiger partial charge on any atom is -0.346 e. The van der Waals surface area contributed by atoms with Gasteiger partial charge in [-0.1, -0.05) is 11.6 Å². The highest BCUT2D eigenvalue weighted by atomic mass is 35.5. The zero-order valence-corrected chi connectivity index (χ0v) is 9.96. The summed E-state index contributed by atoms with van der Waals surface area (Å²) >= 11 is 8.63. The van der Waals surface area contributed by atoms with Crippen LogP contribution in [0, 0.1) is 0 Å². The first-order valence-corrected chi connectivity index (χ1v) is 6.30. The summed E-state index contributed by atoms with van der Waals surface area (Å²) in [6.45, 7) is 0.494. The fourth-order valence-corrected chi connectivity index (χ4v) is 2.59. The lowest BCUT2D eigenvalue weighted by molar-refractivity contribution is 0.0947. The summed E-state index contributed by atoms with van der Waals surface area (Å²) < 4.78 is 0.730. The van der Waals surface area contributed by atoms with Crippen LogP contribution >= 0.6 is 34.3 Å². The molecule has 2 aromatic heterocycles. The van der Waals surface area contributed by atoms with Crippen molar-refractivity contribution in [2.24, 2.45) is 0 Å². The monoisotopic (exact) mass is 258 g/mol. The van der Waals surface area contributed by atoms with E-state index in [2.05, 4.69) is 10.3 Å². The van der Waals surface area contributed by atoms with Gasteiger partial charge < -0.3 is 5.32 Å². The van der Waals surface area contributed by atoms with Gasteiger partial charge in [0.2, 0.25) is 0 Å². The molecule has 0 spiro atoms. The molecule has 0 fully saturated rings. The van der Waals surface area contributed by atoms with E-state index in [-0.39, 0.29) is 5.91 Å². The predicted molar refractivity (Wildman–Crippen MR) is 62.6 cm³/mol. The van der Waals surface area contributed by atoms with Gasteiger partial charge in [0.25, 0.3) is 5.91 Å². The Kier molecular flexibility index (Phi) is 3.35. The number of hydrogen-bond donors (Lipinski definition) is 1. The second kappa shape index (κ2) is 4.74. The summed E-state index contributed by atoms with van der Waals surface area (Å²) in [5, 5.41) is 4.49. The van der Waals surface area contributed by atoms with Gasteiger partial charge in [-0.3, -0.25) is 4.79 Å². The molecule has 6 heteroatoms. The van der Waals surface area contributed by atoms with Gasteiger partial charge in [0.1, 0.15) is 5.69 Å². The van der Waals surface area contributed by atoms with Crippen molar-refractivity contribution in [2.75, 3.05) is 0 Å². The molecule has 1 amide bonds. The maximum Gasteiger partial charge on any atom is 0.271 e. The van der Waals surface area contributed by atoms with Gasteiger partial charge >= 0.3 is 0 Å². The van der Waals surface area contributed by atoms with Crippen LogP contribution in [0.3, 0.4) is 0 Å². The quantitative estimate of drug-likeness (QED) is 0.920. The van der Waals surface area contributed by atoms with Gasteiger partial charge in [0.05, 0.1) is 16.4 Å². The highest BCUT2D eigenvalue weighted by Crippen LogP contribution is 2.21. The Morgan fingerprint density at radius 1 is 1.53 bits per heavy atom. The van der Waals surface area contributed by atoms with E-state index in [1.807, 2.05) is 12.1 Å². The molecule has 2 rings (SSSR count). The van der Waals surface area contributed by atoms with Gasteiger partial charge in [-0.2, -0.15) is 0 Å². The topological polar surface area (TPSA) is 42.0 Å². The smallest absolute Gasteiger partial charge is 0.271 e. The fraction of sp³-hybridized carbons (Fsp3) is 0.111. The number of rotatable bonds is 3. The SMILES string of the molecule is O=C(NCc1ccc(Cl)s1)c1cscn1. The van der Waals surface area contributed by atoms with Crippen LogP contribution in [0.15, 0.2) is 23.0 Å². The van der Waals surface area contributed by atoms with E-state index in [9.17, 15) is 4.79 Å². The van der Waals surface area contributed by atoms with E-state index in [1.54, 1.807) is 10.9 Å². The van der Waals surface area contributed by atoms with Crippen LogP contribution in [0.4, 0.5) is 0 Å². The minimum atomic E-state index is -0.152. The van der Waals surface area contributed by atoms with Crippen molar-refractivity contribution in [3.05, 3.63) is 37.9 Å². The Morgan fingerprint density at radius 3 is 3.00 bits per heavy atom. The van der Waals surface area contributed by atoms with Gasteiger partial charge in [0, 0.05) is 10.3 Å². The van der Waals surface area contributed by atoms with Crippen molar-refractivity contribution in [2.45, 2.75) is 6.54 Å². The van der Waals surface area contributed by atoms with Gasteiger partial charge in [0.15, 0.2) is 0 Å². The lowest BCUT2D eigenvalue weighted by Gasteiger charge is -1.99. The summed E-state index contributed by atoms with van der Waals surface area (Å²) in [7, 11) is 0. The lowest BCUT2D eigenvalue weighted by atomic mass is 10.4. The highest BCUT2D eigenvalue weighted by Gasteiger charge is 2.07. The van der Waals surface area contributed by atoms with Crippen molar-refractivity contribution < 1.29 is 4.79 Å². The van der Waals surface area contributed by atoms with Crippen LogP contribution < -0.4 is 5.32 Å². The number of thiazole rings is 1. The highest BCUT2D eigenvalue weighted by molar-refractivity contribution is 7.16. The van der Waals surface area contributed by atoms with Crippen LogP contribution in [0.2, 0.25) is 4.34 Å². The first-order chi connectivity index (χ1) is 7.25. The predicted octanol–water partition coefficient (Wildman–Crippen LogP) is 2.79. The Balaban J connectivity index is 1.91. The number of carbonyl (C=O) groups excluding carboxylic acids is 1. The van der Waals surface area contributed by atoms with Crippen molar-refractivity contribution >= 4 is 40.2 Å². The molecule has 1 N–H and O–H groups in total. The molecule has 0 aromatic carbocycles. The summed E-state index contributed by atoms with van der Waals surface area (Å²) in [4.78, 5) is 16.4. The van der Waals surface area contributed by atoms with Crippen molar-refractivity contribution in [1.29, 1.82) is 0 Å². The first kappa shape index (κ1) is 10.6. The number of nitrogens with one attached hydrogen (secondary N) is 1. The third-order valence-electron chi connectivity index (χ3n) is 1.72. The minimum absolute atomic E-state index is 0.152. The molecule has 0 unspecified atom stereocenters. The second-order valence-electron chi connectivity index (χ2n) is 2.76. The second-order valence-corrected chi connectivity index (χ2v) is 5.28. The van der Waals surface area contributed by atoms with E-state index in [0.29, 0.717) is 12.2 Å². The molecule has 15 heavy (non-hydrogen) atoms. The average Bonchev–Trinajstić information content (AvgIpc) is 2.84. The Morgan fingerprint density at radius 2 is 2.40 bits per heavy atom. The standard InChI is InChI=1S/C9H7ClN2OS2/c10-8-2-1-6(15-8)3-11-9(13)7-4-14-5-12-7/h1-2,4-5H,3H2,(H,11,13). The fourth-order valence-electron chi connectivity index (χ4n) is 1.03. The molecule has 0 atom stereocenters. The largest absolute Gasteiger partial charge is 0.346 e. The summed E-state index contributed by atoms with van der Waals surface area (Å²) in [5.74, 6) is -0.152. The lowest BCUT2D eigenvalue weighted by Crippen LogP contribution is -2.22. The Bertz CT molecular complexity index is 452. The van der Waals surface area contributed by atoms with Crippen molar-refractivity contribution in [3.63, 3.8) is 0 Å². The molecule has 78 valence electrons. The van der Waals surface area contributed by atoms with E-state index in [4.69, 9.17) is 11.6 Å². The maximum atomic E-state index is 11.5. The first-order valence-electron chi connectivity index (χ1n) is 4.16. The third kappa shape index (κ3) is 2.77. The van der Waals surface area contributed by atoms with Gasteiger partial charge in [-0.05, 0) is 12.1 Å². The number of aromatic nitrogens is 1. The van der Waals surface area contributed by atoms with Gasteiger partial charge in [-0.15, -0.1) is 22.7 Å². The van der Waals surface area contributed by atoms with E-state index >= 15 is 0 Å². The Labute approximate surface area is 99.7 Å². The van der Waals surface area contributed by atoms with Crippen LogP contribution in [0.1, 0.15) is 15.4 Å². The molecule has 0 bridgehead atoms. The number of amides is 1. The number of nitrogens with zero attached hydrogens (tertiary/aromatic N) is 1. The molecule has 3 nitrogen and oxygen atoms in total. The van der Waals surface area contributed by atoms with Crippen molar-refractivity contribution in [3.8, 4) is 0 Å². The molecule has 0 saturated carbocycles. The van der Waals surface area contributed by atoms with Crippen LogP contribution in [0.25, 0.3) is 0 Å². The summed E-state index contributed by atoms with van der Waals surface area (Å²) in [6, 6.07) is 3.71. The molecule has 0 aliphatic rings. The average molecular weight is 259 g/mol. The van der Waals surface area contributed by atoms with E-state index in [0.717, 1.165) is 9.21 Å². The number of halogens is 1. The molecule has 0 radical (unpaired) electrons. The molecular weight excluding hydrogens is 252 g/mol. The van der Waals surface area contributed by atoms with Gasteiger partial charge in [-0.25, -0.2) is 4.98 Å². The van der Waals surface area contributed by atoms with E-state index in [1.165, 1.54) is 22.7 Å². The number of hydrogen-bond acceptors (Lipinski definition) is 4. The molecule has 0 aliphatic heterocycles. The normalized spacial score (nSPS) is 10.2. The van der Waals surface area contributed by atoms with E-state index < -0.39 is 0 Å². The number of thiophene rings is 1. The number of carbonyl (C=O) groups is 1. The van der Waals surface area contributed by atoms with Crippen LogP contribution in [-0.4, -0.2) is 10.9 Å². The molecule has 2 heterocycles. The van der Waals surface area contributed by atoms with Crippen LogP contribution in [-0.2, 0) is 6.54 Å². The zero-order chi connectivity index (χ0) is 10.7. The van der Waals surface area contributed by atoms with Crippen molar-refractivity contribution in [1.82, 2.24) is 10.3 Å². The Hall–Kier alpha value is -0.910. The zero-order valence-electron chi connectivity index (χ0n) is 7.57. The summed E-state index contributed by atoms with van der Waals surface area (Å²) in [6.07, 6.45) is 0. The summed E-state index contributed by atoms with van der Waals surface area (Å²) in [5.41, 5.74) is 2.10. The maximum absolute atomic E-state index is 11.5. The molecular formula is C9H7ClN2OS2.